The summed E-state index contributed by atoms with van der Waals surface area (Å²) in [6.45, 7) is 2.22. The van der Waals surface area contributed by atoms with Gasteiger partial charge in [-0.15, -0.1) is 0 Å². The van der Waals surface area contributed by atoms with E-state index < -0.39 is 0 Å². The number of nitrogens with zero attached hydrogens (tertiary/aromatic N) is 2. The van der Waals surface area contributed by atoms with Crippen molar-refractivity contribution in [3.8, 4) is 0 Å². The van der Waals surface area contributed by atoms with Crippen LogP contribution >= 0.6 is 0 Å². The van der Waals surface area contributed by atoms with Gasteiger partial charge in [-0.05, 0) is 31.4 Å². The zero-order valence-corrected chi connectivity index (χ0v) is 14.0. The number of carbonyl (C=O) groups is 3. The van der Waals surface area contributed by atoms with Crippen molar-refractivity contribution in [3.05, 3.63) is 30.3 Å². The molecule has 24 heavy (non-hydrogen) atoms. The molecule has 0 N–H and O–H groups in total. The highest BCUT2D eigenvalue weighted by Gasteiger charge is 2.24. The second-order valence-electron chi connectivity index (χ2n) is 5.92. The maximum atomic E-state index is 11.3. The monoisotopic (exact) mass is 332 g/mol. The average molecular weight is 332 g/mol. The Morgan fingerprint density at radius 2 is 1.83 bits per heavy atom. The molecule has 0 saturated carbocycles. The van der Waals surface area contributed by atoms with E-state index in [0.717, 1.165) is 37.9 Å². The molecular weight excluding hydrogens is 308 g/mol. The molecule has 0 spiro atoms. The van der Waals surface area contributed by atoms with Crippen molar-refractivity contribution in [2.24, 2.45) is 5.92 Å². The Kier molecular flexibility index (Phi) is 6.78. The molecule has 130 valence electrons. The number of rotatable bonds is 3. The molecule has 0 unspecified atom stereocenters. The third-order valence-corrected chi connectivity index (χ3v) is 4.35. The second-order valence-corrected chi connectivity index (χ2v) is 5.92. The predicted molar refractivity (Wildman–Crippen MR) is 90.4 cm³/mol. The number of anilines is 1. The van der Waals surface area contributed by atoms with Crippen LogP contribution in [0.4, 0.5) is 5.69 Å². The van der Waals surface area contributed by atoms with E-state index in [1.54, 1.807) is 4.90 Å². The highest BCUT2D eigenvalue weighted by Crippen LogP contribution is 2.20. The Bertz CT molecular complexity index is 553. The molecule has 2 saturated heterocycles. The minimum atomic E-state index is -0.152. The summed E-state index contributed by atoms with van der Waals surface area (Å²) in [4.78, 5) is 36.2. The lowest BCUT2D eigenvalue weighted by molar-refractivity contribution is -0.147. The fraction of sp³-hybridized carbons (Fsp3) is 0.500. The summed E-state index contributed by atoms with van der Waals surface area (Å²) in [5.74, 6) is 0.0907. The first kappa shape index (κ1) is 18.0. The topological polar surface area (TPSA) is 66.9 Å². The van der Waals surface area contributed by atoms with Gasteiger partial charge in [-0.2, -0.15) is 0 Å². The first-order valence-corrected chi connectivity index (χ1v) is 8.28. The number of methoxy groups -OCH3 is 1. The maximum absolute atomic E-state index is 11.3. The molecule has 3 rings (SSSR count). The zero-order valence-electron chi connectivity index (χ0n) is 14.0. The zero-order chi connectivity index (χ0) is 17.4. The molecule has 0 bridgehead atoms. The highest BCUT2D eigenvalue weighted by atomic mass is 16.5. The van der Waals surface area contributed by atoms with Crippen LogP contribution in [0.25, 0.3) is 0 Å². The molecule has 2 amide bonds. The van der Waals surface area contributed by atoms with Crippen molar-refractivity contribution in [2.45, 2.75) is 25.7 Å². The van der Waals surface area contributed by atoms with Gasteiger partial charge in [0.2, 0.25) is 12.3 Å². The lowest BCUT2D eigenvalue weighted by Gasteiger charge is -2.27. The number of benzene rings is 1. The Balaban J connectivity index is 0.000000174. The number of likely N-dealkylation sites (tertiary alicyclic amines) is 1. The van der Waals surface area contributed by atoms with Crippen molar-refractivity contribution in [1.29, 1.82) is 0 Å². The van der Waals surface area contributed by atoms with Gasteiger partial charge in [-0.25, -0.2) is 0 Å². The largest absolute Gasteiger partial charge is 0.469 e. The molecule has 2 fully saturated rings. The molecule has 2 aliphatic rings. The van der Waals surface area contributed by atoms with Crippen LogP contribution in [0.3, 0.4) is 0 Å². The maximum Gasteiger partial charge on any atom is 0.308 e. The smallest absolute Gasteiger partial charge is 0.308 e. The molecule has 0 aliphatic carbocycles. The summed E-state index contributed by atoms with van der Waals surface area (Å²) >= 11 is 0. The van der Waals surface area contributed by atoms with Gasteiger partial charge in [0.25, 0.3) is 0 Å². The molecule has 0 aromatic heterocycles. The Morgan fingerprint density at radius 1 is 1.17 bits per heavy atom. The molecule has 0 radical (unpaired) electrons. The van der Waals surface area contributed by atoms with E-state index >= 15 is 0 Å². The van der Waals surface area contributed by atoms with Gasteiger partial charge >= 0.3 is 5.97 Å². The van der Waals surface area contributed by atoms with Crippen LogP contribution < -0.4 is 4.90 Å². The minimum absolute atomic E-state index is 0.00815. The standard InChI is InChI=1S/C10H11NO.C8H13NO3/c12-10-7-4-8-11(10)9-5-2-1-3-6-9;1-12-8(11)7-2-4-9(6-10)5-3-7/h1-3,5-6H,4,7-8H2;6-7H,2-5H2,1H3. The van der Waals surface area contributed by atoms with Gasteiger partial charge in [0.15, 0.2) is 0 Å². The number of hydrogen-bond acceptors (Lipinski definition) is 4. The normalized spacial score (nSPS) is 18.0. The van der Waals surface area contributed by atoms with Crippen LogP contribution in [-0.2, 0) is 19.1 Å². The molecule has 2 aliphatic heterocycles. The van der Waals surface area contributed by atoms with E-state index in [1.165, 1.54) is 7.11 Å². The van der Waals surface area contributed by atoms with Crippen LogP contribution in [0.5, 0.6) is 0 Å². The van der Waals surface area contributed by atoms with Crippen molar-refractivity contribution in [1.82, 2.24) is 4.90 Å². The SMILES string of the molecule is COC(=O)C1CCN(C=O)CC1.O=C1CCCN1c1ccccc1. The quantitative estimate of drug-likeness (QED) is 0.626. The van der Waals surface area contributed by atoms with Crippen LogP contribution in [-0.4, -0.2) is 49.9 Å². The second kappa shape index (κ2) is 9.05. The lowest BCUT2D eigenvalue weighted by Crippen LogP contribution is -2.35. The lowest BCUT2D eigenvalue weighted by atomic mass is 9.97. The Hall–Kier alpha value is -2.37. The van der Waals surface area contributed by atoms with Crippen molar-refractivity contribution in [3.63, 3.8) is 0 Å². The summed E-state index contributed by atoms with van der Waals surface area (Å²) in [6, 6.07) is 9.83. The van der Waals surface area contributed by atoms with Crippen molar-refractivity contribution >= 4 is 24.0 Å². The Labute approximate surface area is 142 Å². The van der Waals surface area contributed by atoms with E-state index in [1.807, 2.05) is 35.2 Å². The summed E-state index contributed by atoms with van der Waals surface area (Å²) in [6.07, 6.45) is 3.98. The summed E-state index contributed by atoms with van der Waals surface area (Å²) in [5.41, 5.74) is 1.03. The van der Waals surface area contributed by atoms with Crippen LogP contribution in [0, 0.1) is 5.92 Å². The number of esters is 1. The number of para-hydroxylation sites is 1. The van der Waals surface area contributed by atoms with E-state index in [2.05, 4.69) is 4.74 Å². The van der Waals surface area contributed by atoms with Crippen LogP contribution in [0.15, 0.2) is 30.3 Å². The molecular formula is C18H24N2O4. The third-order valence-electron chi connectivity index (χ3n) is 4.35. The van der Waals surface area contributed by atoms with Gasteiger partial charge in [-0.1, -0.05) is 18.2 Å². The predicted octanol–water partition coefficient (Wildman–Crippen LogP) is 1.84. The summed E-state index contributed by atoms with van der Waals surface area (Å²) in [5, 5.41) is 0. The molecule has 1 aromatic rings. The van der Waals surface area contributed by atoms with Crippen LogP contribution in [0.2, 0.25) is 0 Å². The molecule has 0 atom stereocenters. The molecule has 1 aromatic carbocycles. The number of hydrogen-bond donors (Lipinski definition) is 0. The number of ether oxygens (including phenoxy) is 1. The number of amides is 2. The van der Waals surface area contributed by atoms with Gasteiger partial charge < -0.3 is 14.5 Å². The first-order chi connectivity index (χ1) is 11.7. The highest BCUT2D eigenvalue weighted by molar-refractivity contribution is 5.95. The fourth-order valence-electron chi connectivity index (χ4n) is 2.94. The average Bonchev–Trinajstić information content (AvgIpc) is 3.08. The fourth-order valence-corrected chi connectivity index (χ4v) is 2.94. The summed E-state index contributed by atoms with van der Waals surface area (Å²) < 4.78 is 4.61. The van der Waals surface area contributed by atoms with Crippen molar-refractivity contribution in [2.75, 3.05) is 31.6 Å². The van der Waals surface area contributed by atoms with Gasteiger partial charge in [0, 0.05) is 31.7 Å². The first-order valence-electron chi connectivity index (χ1n) is 8.28. The summed E-state index contributed by atoms with van der Waals surface area (Å²) in [7, 11) is 1.40. The third kappa shape index (κ3) is 4.81. The number of carbonyl (C=O) groups excluding carboxylic acids is 3. The van der Waals surface area contributed by atoms with E-state index in [0.29, 0.717) is 19.5 Å². The molecule has 6 nitrogen and oxygen atoms in total. The van der Waals surface area contributed by atoms with Gasteiger partial charge in [0.1, 0.15) is 0 Å². The van der Waals surface area contributed by atoms with Crippen molar-refractivity contribution < 1.29 is 19.1 Å². The van der Waals surface area contributed by atoms with Gasteiger partial charge in [-0.3, -0.25) is 14.4 Å². The van der Waals surface area contributed by atoms with E-state index in [-0.39, 0.29) is 17.8 Å². The number of piperidine rings is 1. The Morgan fingerprint density at radius 3 is 2.33 bits per heavy atom. The molecule has 6 heteroatoms. The minimum Gasteiger partial charge on any atom is -0.469 e. The molecule has 2 heterocycles. The van der Waals surface area contributed by atoms with Gasteiger partial charge in [0.05, 0.1) is 13.0 Å². The van der Waals surface area contributed by atoms with Crippen LogP contribution in [0.1, 0.15) is 25.7 Å². The van der Waals surface area contributed by atoms with E-state index in [4.69, 9.17) is 0 Å². The van der Waals surface area contributed by atoms with E-state index in [9.17, 15) is 14.4 Å².